The molecule has 0 aromatic heterocycles. The molecule has 3 N–H and O–H groups in total. The molecule has 0 fully saturated rings. The summed E-state index contributed by atoms with van der Waals surface area (Å²) in [7, 11) is 0. The van der Waals surface area contributed by atoms with Crippen LogP contribution >= 0.6 is 0 Å². The summed E-state index contributed by atoms with van der Waals surface area (Å²) in [5.41, 5.74) is 0.147. The number of hydrogen-bond donors (Lipinski definition) is 3. The van der Waals surface area contributed by atoms with E-state index in [1.54, 1.807) is 0 Å². The van der Waals surface area contributed by atoms with E-state index in [0.717, 1.165) is 12.1 Å². The summed E-state index contributed by atoms with van der Waals surface area (Å²) in [4.78, 5) is 22.6. The molecule has 116 valence electrons. The molecule has 5 nitrogen and oxygen atoms in total. The largest absolute Gasteiger partial charge is 0.386 e. The lowest BCUT2D eigenvalue weighted by atomic mass is 10.0. The van der Waals surface area contributed by atoms with Gasteiger partial charge in [0.25, 0.3) is 0 Å². The molecule has 0 aliphatic rings. The highest BCUT2D eigenvalue weighted by Crippen LogP contribution is 2.19. The van der Waals surface area contributed by atoms with Crippen LogP contribution < -0.4 is 10.6 Å². The lowest BCUT2D eigenvalue weighted by Crippen LogP contribution is -2.48. The molecule has 1 aromatic rings. The van der Waals surface area contributed by atoms with Crippen molar-refractivity contribution in [1.82, 2.24) is 10.6 Å². The number of nitrogens with one attached hydrogen (secondary N) is 2. The Kier molecular flexibility index (Phi) is 5.78. The molecule has 0 aliphatic carbocycles. The van der Waals surface area contributed by atoms with E-state index in [1.165, 1.54) is 26.8 Å². The van der Waals surface area contributed by atoms with Gasteiger partial charge in [-0.3, -0.25) is 9.59 Å². The quantitative estimate of drug-likeness (QED) is 0.760. The third-order valence-corrected chi connectivity index (χ3v) is 2.94. The smallest absolute Gasteiger partial charge is 0.242 e. The van der Waals surface area contributed by atoms with Gasteiger partial charge < -0.3 is 15.7 Å². The van der Waals surface area contributed by atoms with Gasteiger partial charge in [-0.05, 0) is 31.5 Å². The number of halogens is 2. The second-order valence-corrected chi connectivity index (χ2v) is 4.84. The van der Waals surface area contributed by atoms with Gasteiger partial charge in [0.15, 0.2) is 11.6 Å². The van der Waals surface area contributed by atoms with Gasteiger partial charge in [-0.2, -0.15) is 0 Å². The monoisotopic (exact) mass is 300 g/mol. The number of carbonyl (C=O) groups excluding carboxylic acids is 2. The zero-order valence-electron chi connectivity index (χ0n) is 12.0. The molecule has 0 saturated heterocycles. The van der Waals surface area contributed by atoms with Crippen LogP contribution in [0.15, 0.2) is 18.2 Å². The van der Waals surface area contributed by atoms with Crippen LogP contribution in [-0.2, 0) is 9.59 Å². The first-order valence-electron chi connectivity index (χ1n) is 6.43. The topological polar surface area (TPSA) is 78.4 Å². The van der Waals surface area contributed by atoms with Crippen molar-refractivity contribution in [2.45, 2.75) is 39.0 Å². The number of hydrogen-bond acceptors (Lipinski definition) is 3. The van der Waals surface area contributed by atoms with Crippen molar-refractivity contribution in [3.8, 4) is 0 Å². The minimum absolute atomic E-state index is 0.147. The number of aliphatic hydroxyl groups excluding tert-OH is 1. The maximum atomic E-state index is 13.1. The fourth-order valence-corrected chi connectivity index (χ4v) is 1.78. The van der Waals surface area contributed by atoms with Crippen LogP contribution in [0.4, 0.5) is 8.78 Å². The number of benzene rings is 1. The van der Waals surface area contributed by atoms with Crippen LogP contribution in [0.1, 0.15) is 32.4 Å². The van der Waals surface area contributed by atoms with E-state index in [0.29, 0.717) is 0 Å². The summed E-state index contributed by atoms with van der Waals surface area (Å²) in [6, 6.07) is 1.52. The number of carbonyl (C=O) groups is 2. The van der Waals surface area contributed by atoms with Crippen molar-refractivity contribution in [1.29, 1.82) is 0 Å². The van der Waals surface area contributed by atoms with E-state index in [2.05, 4.69) is 10.6 Å². The zero-order valence-corrected chi connectivity index (χ0v) is 12.0. The van der Waals surface area contributed by atoms with Crippen LogP contribution in [0.25, 0.3) is 0 Å². The third-order valence-electron chi connectivity index (χ3n) is 2.94. The van der Waals surface area contributed by atoms with Crippen molar-refractivity contribution in [3.05, 3.63) is 35.4 Å². The molecule has 7 heteroatoms. The highest BCUT2D eigenvalue weighted by Gasteiger charge is 2.22. The summed E-state index contributed by atoms with van der Waals surface area (Å²) in [5, 5.41) is 14.9. The Morgan fingerprint density at radius 3 is 2.29 bits per heavy atom. The number of rotatable bonds is 5. The van der Waals surface area contributed by atoms with Crippen molar-refractivity contribution in [2.24, 2.45) is 0 Å². The van der Waals surface area contributed by atoms with Crippen LogP contribution in [0, 0.1) is 11.6 Å². The van der Waals surface area contributed by atoms with E-state index in [1.807, 2.05) is 0 Å². The van der Waals surface area contributed by atoms with Gasteiger partial charge >= 0.3 is 0 Å². The fraction of sp³-hybridized carbons (Fsp3) is 0.429. The first kappa shape index (κ1) is 17.0. The average Bonchev–Trinajstić information content (AvgIpc) is 2.40. The Morgan fingerprint density at radius 1 is 1.14 bits per heavy atom. The number of amides is 2. The summed E-state index contributed by atoms with van der Waals surface area (Å²) in [5.74, 6) is -2.93. The Balaban J connectivity index is 2.69. The lowest BCUT2D eigenvalue weighted by molar-refractivity contribution is -0.128. The predicted octanol–water partition coefficient (Wildman–Crippen LogP) is 1.03. The van der Waals surface area contributed by atoms with Crippen molar-refractivity contribution in [2.75, 3.05) is 0 Å². The zero-order chi connectivity index (χ0) is 16.2. The van der Waals surface area contributed by atoms with Crippen LogP contribution in [0.5, 0.6) is 0 Å². The Morgan fingerprint density at radius 2 is 1.76 bits per heavy atom. The van der Waals surface area contributed by atoms with E-state index in [4.69, 9.17) is 0 Å². The van der Waals surface area contributed by atoms with Gasteiger partial charge in [-0.25, -0.2) is 8.78 Å². The van der Waals surface area contributed by atoms with E-state index < -0.39 is 35.7 Å². The van der Waals surface area contributed by atoms with Crippen LogP contribution in [-0.4, -0.2) is 29.0 Å². The molecule has 3 atom stereocenters. The molecular formula is C14H18F2N2O3. The van der Waals surface area contributed by atoms with Gasteiger partial charge in [-0.15, -0.1) is 0 Å². The molecule has 1 rings (SSSR count). The molecule has 0 radical (unpaired) electrons. The highest BCUT2D eigenvalue weighted by atomic mass is 19.2. The highest BCUT2D eigenvalue weighted by molar-refractivity contribution is 5.86. The third kappa shape index (κ3) is 4.78. The van der Waals surface area contributed by atoms with Crippen molar-refractivity contribution >= 4 is 11.8 Å². The molecule has 2 amide bonds. The molecule has 0 bridgehead atoms. The second kappa shape index (κ2) is 7.12. The van der Waals surface area contributed by atoms with Crippen molar-refractivity contribution < 1.29 is 23.5 Å². The second-order valence-electron chi connectivity index (χ2n) is 4.84. The first-order valence-corrected chi connectivity index (χ1v) is 6.43. The Labute approximate surface area is 121 Å². The molecule has 21 heavy (non-hydrogen) atoms. The van der Waals surface area contributed by atoms with Gasteiger partial charge in [0.1, 0.15) is 6.04 Å². The average molecular weight is 300 g/mol. The maximum absolute atomic E-state index is 13.1. The van der Waals surface area contributed by atoms with Crippen molar-refractivity contribution in [3.63, 3.8) is 0 Å². The minimum Gasteiger partial charge on any atom is -0.386 e. The molecule has 1 aromatic carbocycles. The van der Waals surface area contributed by atoms with Gasteiger partial charge in [-0.1, -0.05) is 6.07 Å². The van der Waals surface area contributed by atoms with Gasteiger partial charge in [0.2, 0.25) is 11.8 Å². The lowest BCUT2D eigenvalue weighted by Gasteiger charge is -2.22. The minimum atomic E-state index is -1.20. The van der Waals surface area contributed by atoms with Crippen LogP contribution in [0.2, 0.25) is 0 Å². The predicted molar refractivity (Wildman–Crippen MR) is 72.2 cm³/mol. The molecule has 0 spiro atoms. The first-order chi connectivity index (χ1) is 9.72. The summed E-state index contributed by atoms with van der Waals surface area (Å²) < 4.78 is 26.0. The van der Waals surface area contributed by atoms with Gasteiger partial charge in [0, 0.05) is 6.92 Å². The SMILES string of the molecule is CC(=O)NC(C)C(=O)NC(C)C(O)c1ccc(F)c(F)c1. The Bertz CT molecular complexity index is 537. The maximum Gasteiger partial charge on any atom is 0.242 e. The molecule has 3 unspecified atom stereocenters. The van der Waals surface area contributed by atoms with Crippen LogP contribution in [0.3, 0.4) is 0 Å². The molecular weight excluding hydrogens is 282 g/mol. The summed E-state index contributed by atoms with van der Waals surface area (Å²) >= 11 is 0. The molecule has 0 heterocycles. The normalized spacial score (nSPS) is 15.0. The Hall–Kier alpha value is -2.02. The van der Waals surface area contributed by atoms with Gasteiger partial charge in [0.05, 0.1) is 12.1 Å². The summed E-state index contributed by atoms with van der Waals surface area (Å²) in [6.45, 7) is 4.29. The number of aliphatic hydroxyl groups is 1. The molecule has 0 saturated carbocycles. The standard InChI is InChI=1S/C14H18F2N2O3/c1-7(18-14(21)8(2)17-9(3)19)13(20)10-4-5-11(15)12(16)6-10/h4-8,13,20H,1-3H3,(H,17,19)(H,18,21). The molecule has 0 aliphatic heterocycles. The van der Waals surface area contributed by atoms with E-state index >= 15 is 0 Å². The fourth-order valence-electron chi connectivity index (χ4n) is 1.78. The summed E-state index contributed by atoms with van der Waals surface area (Å²) in [6.07, 6.45) is -1.20. The van der Waals surface area contributed by atoms with E-state index in [9.17, 15) is 23.5 Å². The van der Waals surface area contributed by atoms with E-state index in [-0.39, 0.29) is 11.5 Å².